The molecule has 106 valence electrons. The minimum absolute atomic E-state index is 0.0636. The van der Waals surface area contributed by atoms with Gasteiger partial charge in [0, 0.05) is 10.0 Å². The van der Waals surface area contributed by atoms with Gasteiger partial charge in [0.1, 0.15) is 0 Å². The Morgan fingerprint density at radius 1 is 0.750 bits per heavy atom. The quantitative estimate of drug-likeness (QED) is 0.889. The predicted molar refractivity (Wildman–Crippen MR) is 83.2 cm³/mol. The van der Waals surface area contributed by atoms with E-state index in [2.05, 4.69) is 0 Å². The van der Waals surface area contributed by atoms with Crippen LogP contribution in [0.25, 0.3) is 11.1 Å². The van der Waals surface area contributed by atoms with Gasteiger partial charge in [-0.05, 0) is 71.5 Å². The van der Waals surface area contributed by atoms with Gasteiger partial charge in [0.15, 0.2) is 0 Å². The van der Waals surface area contributed by atoms with Crippen molar-refractivity contribution in [3.8, 4) is 11.1 Å². The van der Waals surface area contributed by atoms with E-state index in [1.165, 1.54) is 0 Å². The van der Waals surface area contributed by atoms with Gasteiger partial charge in [-0.2, -0.15) is 0 Å². The van der Waals surface area contributed by atoms with E-state index < -0.39 is 0 Å². The van der Waals surface area contributed by atoms with E-state index >= 15 is 0 Å². The van der Waals surface area contributed by atoms with Crippen LogP contribution < -0.4 is 0 Å². The lowest BCUT2D eigenvalue weighted by molar-refractivity contribution is 0.280. The van der Waals surface area contributed by atoms with E-state index in [9.17, 15) is 10.2 Å². The summed E-state index contributed by atoms with van der Waals surface area (Å²) in [6.45, 7) is 3.75. The Morgan fingerprint density at radius 2 is 1.10 bits per heavy atom. The zero-order valence-electron chi connectivity index (χ0n) is 11.4. The maximum absolute atomic E-state index is 9.41. The number of halogens is 2. The van der Waals surface area contributed by atoms with Crippen LogP contribution in [0.3, 0.4) is 0 Å². The van der Waals surface area contributed by atoms with Crippen LogP contribution >= 0.6 is 23.2 Å². The number of hydrogen-bond donors (Lipinski definition) is 2. The first-order valence-corrected chi connectivity index (χ1v) is 7.03. The second-order valence-corrected chi connectivity index (χ2v) is 5.66. The topological polar surface area (TPSA) is 40.5 Å². The van der Waals surface area contributed by atoms with Gasteiger partial charge in [-0.25, -0.2) is 0 Å². The van der Waals surface area contributed by atoms with Crippen LogP contribution in [0.4, 0.5) is 0 Å². The first-order chi connectivity index (χ1) is 9.47. The van der Waals surface area contributed by atoms with Crippen molar-refractivity contribution in [3.63, 3.8) is 0 Å². The molecule has 0 saturated carbocycles. The molecule has 0 aliphatic heterocycles. The molecule has 0 atom stereocenters. The van der Waals surface area contributed by atoms with Crippen LogP contribution in [0.2, 0.25) is 10.0 Å². The summed E-state index contributed by atoms with van der Waals surface area (Å²) in [5.74, 6) is 0. The van der Waals surface area contributed by atoms with E-state index in [1.807, 2.05) is 26.0 Å². The fourth-order valence-electron chi connectivity index (χ4n) is 2.36. The van der Waals surface area contributed by atoms with Gasteiger partial charge in [-0.1, -0.05) is 23.2 Å². The second-order valence-electron chi connectivity index (χ2n) is 4.79. The van der Waals surface area contributed by atoms with Crippen molar-refractivity contribution in [2.75, 3.05) is 0 Å². The summed E-state index contributed by atoms with van der Waals surface area (Å²) in [4.78, 5) is 0. The molecule has 2 aromatic carbocycles. The van der Waals surface area contributed by atoms with E-state index in [1.54, 1.807) is 12.1 Å². The largest absolute Gasteiger partial charge is 0.392 e. The fraction of sp³-hybridized carbons (Fsp3) is 0.250. The van der Waals surface area contributed by atoms with Crippen molar-refractivity contribution >= 4 is 23.2 Å². The van der Waals surface area contributed by atoms with Crippen molar-refractivity contribution in [2.45, 2.75) is 27.1 Å². The monoisotopic (exact) mass is 310 g/mol. The lowest BCUT2D eigenvalue weighted by Crippen LogP contribution is -1.97. The highest BCUT2D eigenvalue weighted by molar-refractivity contribution is 6.31. The summed E-state index contributed by atoms with van der Waals surface area (Å²) >= 11 is 12.2. The summed E-state index contributed by atoms with van der Waals surface area (Å²) in [5, 5.41) is 20.0. The molecule has 0 amide bonds. The Hall–Kier alpha value is -1.06. The number of aliphatic hydroxyl groups excluding tert-OH is 2. The summed E-state index contributed by atoms with van der Waals surface area (Å²) in [6.07, 6.45) is 0. The van der Waals surface area contributed by atoms with E-state index in [-0.39, 0.29) is 13.2 Å². The molecule has 0 spiro atoms. The number of hydrogen-bond acceptors (Lipinski definition) is 2. The average molecular weight is 311 g/mol. The smallest absolute Gasteiger partial charge is 0.0685 e. The third-order valence-electron chi connectivity index (χ3n) is 3.59. The third kappa shape index (κ3) is 2.84. The minimum Gasteiger partial charge on any atom is -0.392 e. The molecule has 0 heterocycles. The van der Waals surface area contributed by atoms with Crippen LogP contribution in [0, 0.1) is 13.8 Å². The molecular formula is C16H16Cl2O2. The van der Waals surface area contributed by atoms with Gasteiger partial charge >= 0.3 is 0 Å². The molecule has 0 aliphatic rings. The number of benzene rings is 2. The third-order valence-corrected chi connectivity index (χ3v) is 4.03. The van der Waals surface area contributed by atoms with Gasteiger partial charge in [0.2, 0.25) is 0 Å². The molecule has 0 fully saturated rings. The zero-order valence-corrected chi connectivity index (χ0v) is 12.9. The fourth-order valence-corrected chi connectivity index (χ4v) is 2.84. The van der Waals surface area contributed by atoms with Crippen molar-refractivity contribution in [2.24, 2.45) is 0 Å². The molecule has 20 heavy (non-hydrogen) atoms. The molecule has 2 nitrogen and oxygen atoms in total. The summed E-state index contributed by atoms with van der Waals surface area (Å²) < 4.78 is 0. The van der Waals surface area contributed by atoms with E-state index in [0.29, 0.717) is 10.0 Å². The minimum atomic E-state index is -0.0636. The Balaban J connectivity index is 2.74. The standard InChI is InChI=1S/C16H16Cl2O2/c1-9-11(7-19)3-13(17)5-15(9)16-6-14(18)4-12(8-20)10(16)2/h3-6,19-20H,7-8H2,1-2H3. The molecular weight excluding hydrogens is 295 g/mol. The van der Waals surface area contributed by atoms with Crippen molar-refractivity contribution in [1.29, 1.82) is 0 Å². The van der Waals surface area contributed by atoms with Crippen LogP contribution in [0.5, 0.6) is 0 Å². The molecule has 2 aromatic rings. The second kappa shape index (κ2) is 6.15. The highest BCUT2D eigenvalue weighted by Crippen LogP contribution is 2.35. The van der Waals surface area contributed by atoms with E-state index in [0.717, 1.165) is 33.4 Å². The highest BCUT2D eigenvalue weighted by atomic mass is 35.5. The predicted octanol–water partition coefficient (Wildman–Crippen LogP) is 4.26. The molecule has 0 radical (unpaired) electrons. The normalized spacial score (nSPS) is 10.9. The average Bonchev–Trinajstić information content (AvgIpc) is 2.43. The molecule has 0 aliphatic carbocycles. The molecule has 0 aromatic heterocycles. The highest BCUT2D eigenvalue weighted by Gasteiger charge is 2.13. The summed E-state index contributed by atoms with van der Waals surface area (Å²) in [7, 11) is 0. The maximum Gasteiger partial charge on any atom is 0.0685 e. The van der Waals surface area contributed by atoms with Crippen LogP contribution in [0.15, 0.2) is 24.3 Å². The number of rotatable bonds is 3. The Kier molecular flexibility index (Phi) is 4.71. The van der Waals surface area contributed by atoms with Crippen LogP contribution in [-0.4, -0.2) is 10.2 Å². The summed E-state index contributed by atoms with van der Waals surface area (Å²) in [5.41, 5.74) is 5.36. The molecule has 2 N–H and O–H groups in total. The van der Waals surface area contributed by atoms with Crippen molar-refractivity contribution in [3.05, 3.63) is 56.6 Å². The Labute approximate surface area is 128 Å². The van der Waals surface area contributed by atoms with Crippen molar-refractivity contribution < 1.29 is 10.2 Å². The maximum atomic E-state index is 9.41. The van der Waals surface area contributed by atoms with Crippen LogP contribution in [0.1, 0.15) is 22.3 Å². The molecule has 2 rings (SSSR count). The van der Waals surface area contributed by atoms with E-state index in [4.69, 9.17) is 23.2 Å². The van der Waals surface area contributed by atoms with Gasteiger partial charge < -0.3 is 10.2 Å². The molecule has 4 heteroatoms. The Bertz CT molecular complexity index is 594. The SMILES string of the molecule is Cc1c(CO)cc(Cl)cc1-c1cc(Cl)cc(CO)c1C. The van der Waals surface area contributed by atoms with Gasteiger partial charge in [-0.3, -0.25) is 0 Å². The lowest BCUT2D eigenvalue weighted by atomic mass is 9.91. The van der Waals surface area contributed by atoms with Gasteiger partial charge in [-0.15, -0.1) is 0 Å². The lowest BCUT2D eigenvalue weighted by Gasteiger charge is -2.16. The van der Waals surface area contributed by atoms with Crippen molar-refractivity contribution in [1.82, 2.24) is 0 Å². The van der Waals surface area contributed by atoms with Crippen LogP contribution in [-0.2, 0) is 13.2 Å². The summed E-state index contributed by atoms with van der Waals surface area (Å²) in [6, 6.07) is 7.23. The first kappa shape index (κ1) is 15.3. The molecule has 0 unspecified atom stereocenters. The molecule has 0 bridgehead atoms. The zero-order chi connectivity index (χ0) is 14.9. The Morgan fingerprint density at radius 3 is 1.40 bits per heavy atom. The van der Waals surface area contributed by atoms with Gasteiger partial charge in [0.05, 0.1) is 13.2 Å². The molecule has 0 saturated heterocycles. The van der Waals surface area contributed by atoms with Gasteiger partial charge in [0.25, 0.3) is 0 Å². The first-order valence-electron chi connectivity index (χ1n) is 6.28. The number of aliphatic hydroxyl groups is 2.